The molecular formula is C18H22BrN. The maximum atomic E-state index is 3.69. The molecule has 2 aromatic carbocycles. The first-order valence-corrected chi connectivity index (χ1v) is 8.11. The first-order chi connectivity index (χ1) is 9.79. The molecule has 2 rings (SSSR count). The average molecular weight is 332 g/mol. The van der Waals surface area contributed by atoms with Crippen molar-refractivity contribution in [2.75, 3.05) is 0 Å². The summed E-state index contributed by atoms with van der Waals surface area (Å²) in [4.78, 5) is 0. The number of halogens is 1. The fraction of sp³-hybridized carbons (Fsp3) is 0.333. The molecule has 106 valence electrons. The van der Waals surface area contributed by atoms with Gasteiger partial charge in [-0.25, -0.2) is 0 Å². The highest BCUT2D eigenvalue weighted by Crippen LogP contribution is 2.20. The highest BCUT2D eigenvalue weighted by molar-refractivity contribution is 9.10. The van der Waals surface area contributed by atoms with E-state index in [9.17, 15) is 0 Å². The van der Waals surface area contributed by atoms with Crippen LogP contribution < -0.4 is 5.32 Å². The van der Waals surface area contributed by atoms with E-state index in [1.165, 1.54) is 30.4 Å². The first kappa shape index (κ1) is 15.3. The molecule has 0 fully saturated rings. The van der Waals surface area contributed by atoms with Crippen LogP contribution in [0.15, 0.2) is 59.1 Å². The minimum atomic E-state index is 0.444. The van der Waals surface area contributed by atoms with Crippen molar-refractivity contribution in [2.24, 2.45) is 0 Å². The van der Waals surface area contributed by atoms with Crippen molar-refractivity contribution in [1.29, 1.82) is 0 Å². The van der Waals surface area contributed by atoms with E-state index in [-0.39, 0.29) is 0 Å². The Balaban J connectivity index is 1.99. The van der Waals surface area contributed by atoms with Gasteiger partial charge in [0, 0.05) is 17.1 Å². The Morgan fingerprint density at radius 2 is 1.70 bits per heavy atom. The van der Waals surface area contributed by atoms with Crippen molar-refractivity contribution in [3.8, 4) is 0 Å². The Morgan fingerprint density at radius 3 is 2.35 bits per heavy atom. The van der Waals surface area contributed by atoms with Crippen LogP contribution >= 0.6 is 15.9 Å². The van der Waals surface area contributed by atoms with Gasteiger partial charge in [0.2, 0.25) is 0 Å². The Labute approximate surface area is 130 Å². The topological polar surface area (TPSA) is 12.0 Å². The van der Waals surface area contributed by atoms with Gasteiger partial charge in [-0.1, -0.05) is 78.2 Å². The van der Waals surface area contributed by atoms with E-state index in [2.05, 4.69) is 82.8 Å². The minimum Gasteiger partial charge on any atom is -0.306 e. The van der Waals surface area contributed by atoms with Crippen molar-refractivity contribution in [1.82, 2.24) is 5.32 Å². The minimum absolute atomic E-state index is 0.444. The monoisotopic (exact) mass is 331 g/mol. The lowest BCUT2D eigenvalue weighted by atomic mass is 10.0. The van der Waals surface area contributed by atoms with Crippen LogP contribution in [0.1, 0.15) is 43.4 Å². The molecule has 0 aliphatic rings. The zero-order valence-corrected chi connectivity index (χ0v) is 13.6. The molecule has 0 heterocycles. The largest absolute Gasteiger partial charge is 0.306 e. The summed E-state index contributed by atoms with van der Waals surface area (Å²) < 4.78 is 1.13. The second-order valence-corrected chi connectivity index (χ2v) is 6.03. The molecule has 2 heteroatoms. The summed E-state index contributed by atoms with van der Waals surface area (Å²) in [6.45, 7) is 3.16. The molecule has 0 amide bonds. The second kappa shape index (κ2) is 8.23. The summed E-state index contributed by atoms with van der Waals surface area (Å²) in [6.07, 6.45) is 3.69. The normalized spacial score (nSPS) is 12.3. The van der Waals surface area contributed by atoms with E-state index in [1.807, 2.05) is 0 Å². The van der Waals surface area contributed by atoms with Gasteiger partial charge in [0.15, 0.2) is 0 Å². The van der Waals surface area contributed by atoms with Crippen LogP contribution in [0.3, 0.4) is 0 Å². The number of rotatable bonds is 7. The third kappa shape index (κ3) is 4.77. The molecule has 2 aromatic rings. The number of unbranched alkanes of at least 4 members (excludes halogenated alkanes) is 1. The van der Waals surface area contributed by atoms with Crippen molar-refractivity contribution in [3.05, 3.63) is 70.2 Å². The number of benzene rings is 2. The molecule has 0 aliphatic carbocycles. The smallest absolute Gasteiger partial charge is 0.0323 e. The highest BCUT2D eigenvalue weighted by Gasteiger charge is 2.09. The van der Waals surface area contributed by atoms with Gasteiger partial charge in [0.25, 0.3) is 0 Å². The molecule has 1 N–H and O–H groups in total. The summed E-state index contributed by atoms with van der Waals surface area (Å²) in [6, 6.07) is 19.7. The van der Waals surface area contributed by atoms with E-state index in [4.69, 9.17) is 0 Å². The number of hydrogen-bond acceptors (Lipinski definition) is 1. The van der Waals surface area contributed by atoms with Gasteiger partial charge in [0.05, 0.1) is 0 Å². The molecule has 0 radical (unpaired) electrons. The SMILES string of the molecule is CCCCC(NCc1ccc(Br)cc1)c1ccccc1. The summed E-state index contributed by atoms with van der Waals surface area (Å²) >= 11 is 3.48. The van der Waals surface area contributed by atoms with Crippen LogP contribution in [0.25, 0.3) is 0 Å². The lowest BCUT2D eigenvalue weighted by Gasteiger charge is -2.19. The fourth-order valence-corrected chi connectivity index (χ4v) is 2.59. The van der Waals surface area contributed by atoms with Gasteiger partial charge in [-0.3, -0.25) is 0 Å². The van der Waals surface area contributed by atoms with Crippen LogP contribution in [0.2, 0.25) is 0 Å². The van der Waals surface area contributed by atoms with Crippen LogP contribution in [0, 0.1) is 0 Å². The van der Waals surface area contributed by atoms with Gasteiger partial charge in [-0.2, -0.15) is 0 Å². The van der Waals surface area contributed by atoms with Gasteiger partial charge < -0.3 is 5.32 Å². The summed E-state index contributed by atoms with van der Waals surface area (Å²) in [5.41, 5.74) is 2.71. The third-order valence-electron chi connectivity index (χ3n) is 3.51. The standard InChI is InChI=1S/C18H22BrN/c1-2-3-9-18(16-7-5-4-6-8-16)20-14-15-10-12-17(19)13-11-15/h4-8,10-13,18,20H,2-3,9,14H2,1H3. The van der Waals surface area contributed by atoms with Crippen LogP contribution in [0.4, 0.5) is 0 Å². The van der Waals surface area contributed by atoms with Gasteiger partial charge >= 0.3 is 0 Å². The van der Waals surface area contributed by atoms with E-state index >= 15 is 0 Å². The van der Waals surface area contributed by atoms with E-state index in [1.54, 1.807) is 0 Å². The maximum Gasteiger partial charge on any atom is 0.0323 e. The Hall–Kier alpha value is -1.12. The summed E-state index contributed by atoms with van der Waals surface area (Å²) in [5, 5.41) is 3.69. The van der Waals surface area contributed by atoms with E-state index < -0.39 is 0 Å². The Bertz CT molecular complexity index is 493. The lowest BCUT2D eigenvalue weighted by molar-refractivity contribution is 0.480. The number of hydrogen-bond donors (Lipinski definition) is 1. The molecule has 0 bridgehead atoms. The average Bonchev–Trinajstić information content (AvgIpc) is 2.50. The number of nitrogens with one attached hydrogen (secondary N) is 1. The fourth-order valence-electron chi connectivity index (χ4n) is 2.32. The van der Waals surface area contributed by atoms with Crippen LogP contribution in [-0.2, 0) is 6.54 Å². The molecule has 1 atom stereocenters. The predicted octanol–water partition coefficient (Wildman–Crippen LogP) is 5.47. The molecule has 0 aliphatic heterocycles. The third-order valence-corrected chi connectivity index (χ3v) is 4.04. The van der Waals surface area contributed by atoms with Crippen LogP contribution in [0.5, 0.6) is 0 Å². The molecular weight excluding hydrogens is 310 g/mol. The van der Waals surface area contributed by atoms with Gasteiger partial charge in [-0.15, -0.1) is 0 Å². The van der Waals surface area contributed by atoms with E-state index in [0.717, 1.165) is 11.0 Å². The molecule has 0 spiro atoms. The highest BCUT2D eigenvalue weighted by atomic mass is 79.9. The Kier molecular flexibility index (Phi) is 6.28. The molecule has 1 unspecified atom stereocenters. The van der Waals surface area contributed by atoms with Gasteiger partial charge in [-0.05, 0) is 29.7 Å². The Morgan fingerprint density at radius 1 is 1.00 bits per heavy atom. The van der Waals surface area contributed by atoms with Crippen LogP contribution in [-0.4, -0.2) is 0 Å². The molecule has 20 heavy (non-hydrogen) atoms. The summed E-state index contributed by atoms with van der Waals surface area (Å²) in [7, 11) is 0. The van der Waals surface area contributed by atoms with Gasteiger partial charge in [0.1, 0.15) is 0 Å². The van der Waals surface area contributed by atoms with Crippen molar-refractivity contribution in [3.63, 3.8) is 0 Å². The first-order valence-electron chi connectivity index (χ1n) is 7.32. The van der Waals surface area contributed by atoms with Crippen molar-refractivity contribution < 1.29 is 0 Å². The molecule has 1 nitrogen and oxygen atoms in total. The lowest BCUT2D eigenvalue weighted by Crippen LogP contribution is -2.20. The zero-order valence-electron chi connectivity index (χ0n) is 12.0. The predicted molar refractivity (Wildman–Crippen MR) is 89.7 cm³/mol. The summed E-state index contributed by atoms with van der Waals surface area (Å²) in [5.74, 6) is 0. The maximum absolute atomic E-state index is 3.69. The zero-order chi connectivity index (χ0) is 14.2. The quantitative estimate of drug-likeness (QED) is 0.709. The van der Waals surface area contributed by atoms with E-state index in [0.29, 0.717) is 6.04 Å². The second-order valence-electron chi connectivity index (χ2n) is 5.11. The molecule has 0 saturated carbocycles. The van der Waals surface area contributed by atoms with Crippen molar-refractivity contribution >= 4 is 15.9 Å². The molecule has 0 saturated heterocycles. The molecule has 0 aromatic heterocycles. The van der Waals surface area contributed by atoms with Crippen molar-refractivity contribution in [2.45, 2.75) is 38.8 Å².